The highest BCUT2D eigenvalue weighted by Crippen LogP contribution is 2.41. The Kier molecular flexibility index (Phi) is 4.61. The first-order chi connectivity index (χ1) is 12.5. The molecule has 0 aromatic heterocycles. The summed E-state index contributed by atoms with van der Waals surface area (Å²) >= 11 is 3.90. The van der Waals surface area contributed by atoms with Gasteiger partial charge in [-0.25, -0.2) is 4.21 Å². The van der Waals surface area contributed by atoms with Crippen LogP contribution in [0.1, 0.15) is 24.0 Å². The summed E-state index contributed by atoms with van der Waals surface area (Å²) < 4.78 is 23.6. The Morgan fingerprint density at radius 3 is 2.42 bits per heavy atom. The van der Waals surface area contributed by atoms with Crippen molar-refractivity contribution in [1.82, 2.24) is 4.41 Å². The third-order valence-electron chi connectivity index (χ3n) is 4.80. The summed E-state index contributed by atoms with van der Waals surface area (Å²) in [6.45, 7) is 2.60. The fourth-order valence-corrected chi connectivity index (χ4v) is 4.38. The van der Waals surface area contributed by atoms with Crippen molar-refractivity contribution >= 4 is 34.1 Å². The average molecular weight is 387 g/mol. The molecular formula is C20H19ClN2O2S. The Balaban J connectivity index is 1.74. The van der Waals surface area contributed by atoms with Gasteiger partial charge in [0.1, 0.15) is 0 Å². The molecule has 0 amide bonds. The molecule has 0 bridgehead atoms. The molecule has 4 rings (SSSR count). The maximum absolute atomic E-state index is 12.1. The van der Waals surface area contributed by atoms with Gasteiger partial charge >= 0.3 is 0 Å². The van der Waals surface area contributed by atoms with Crippen molar-refractivity contribution < 1.29 is 8.76 Å². The van der Waals surface area contributed by atoms with Crippen molar-refractivity contribution in [1.29, 1.82) is 0 Å². The summed E-state index contributed by atoms with van der Waals surface area (Å²) in [5, 5.41) is 2.58. The van der Waals surface area contributed by atoms with Crippen molar-refractivity contribution in [2.75, 3.05) is 11.6 Å². The largest absolute Gasteiger partial charge is 0.288 e. The third kappa shape index (κ3) is 3.07. The van der Waals surface area contributed by atoms with Gasteiger partial charge in [0.15, 0.2) is 0 Å². The lowest BCUT2D eigenvalue weighted by Crippen LogP contribution is -2.38. The number of hydrazine groups is 1. The van der Waals surface area contributed by atoms with Crippen molar-refractivity contribution in [2.24, 2.45) is 0 Å². The van der Waals surface area contributed by atoms with Gasteiger partial charge in [0.25, 0.3) is 11.3 Å². The second kappa shape index (κ2) is 6.91. The van der Waals surface area contributed by atoms with Crippen LogP contribution in [0.15, 0.2) is 65.9 Å². The second-order valence-corrected chi connectivity index (χ2v) is 7.73. The van der Waals surface area contributed by atoms with E-state index < -0.39 is 11.3 Å². The summed E-state index contributed by atoms with van der Waals surface area (Å²) in [6, 6.07) is 15.8. The van der Waals surface area contributed by atoms with Crippen LogP contribution in [-0.4, -0.2) is 19.7 Å². The zero-order chi connectivity index (χ0) is 18.3. The molecule has 0 saturated carbocycles. The van der Waals surface area contributed by atoms with E-state index in [0.29, 0.717) is 11.6 Å². The summed E-state index contributed by atoms with van der Waals surface area (Å²) in [6.07, 6.45) is 3.80. The van der Waals surface area contributed by atoms with Crippen LogP contribution in [-0.2, 0) is 11.3 Å². The van der Waals surface area contributed by atoms with Crippen molar-refractivity contribution in [2.45, 2.75) is 19.8 Å². The molecule has 0 fully saturated rings. The lowest BCUT2D eigenvalue weighted by atomic mass is 9.90. The van der Waals surface area contributed by atoms with Gasteiger partial charge in [-0.05, 0) is 55.2 Å². The maximum atomic E-state index is 12.1. The van der Waals surface area contributed by atoms with Crippen LogP contribution in [0.3, 0.4) is 0 Å². The van der Waals surface area contributed by atoms with Crippen LogP contribution in [0, 0.1) is 6.92 Å². The quantitative estimate of drug-likeness (QED) is 0.758. The summed E-state index contributed by atoms with van der Waals surface area (Å²) in [5.74, 6) is 0. The number of allylic oxidation sites excluding steroid dienone is 2. The smallest absolute Gasteiger partial charge is 0.281 e. The fourth-order valence-electron chi connectivity index (χ4n) is 3.54. The van der Waals surface area contributed by atoms with Crippen LogP contribution in [0.4, 0.5) is 5.69 Å². The molecule has 0 saturated heterocycles. The zero-order valence-corrected chi connectivity index (χ0v) is 15.9. The minimum absolute atomic E-state index is 0.569. The predicted molar refractivity (Wildman–Crippen MR) is 107 cm³/mol. The van der Waals surface area contributed by atoms with E-state index >= 15 is 0 Å². The van der Waals surface area contributed by atoms with Gasteiger partial charge in [0.05, 0.1) is 17.9 Å². The van der Waals surface area contributed by atoms with Gasteiger partial charge in [0, 0.05) is 10.6 Å². The molecule has 6 heteroatoms. The standard InChI is InChI=1S/C20H19ClN2O2S/c1-14-5-11-17(12-6-14)22-13-19-18(15-7-9-16(21)10-8-15)3-2-4-20(19)23(22)26(24)25/h3,5-12H,2,4,13H2,1H3,(H,24,25). The number of nitrogens with zero attached hydrogens (tertiary/aromatic N) is 2. The SMILES string of the molecule is Cc1ccc(N2CC3=C(CCC=C3c3ccc(Cl)cc3)N2S(=O)O)cc1. The highest BCUT2D eigenvalue weighted by atomic mass is 35.5. The number of anilines is 1. The second-order valence-electron chi connectivity index (χ2n) is 6.49. The number of aryl methyl sites for hydroxylation is 1. The van der Waals surface area contributed by atoms with Crippen molar-refractivity contribution in [3.63, 3.8) is 0 Å². The van der Waals surface area contributed by atoms with Crippen LogP contribution in [0.2, 0.25) is 5.02 Å². The highest BCUT2D eigenvalue weighted by molar-refractivity contribution is 7.76. The normalized spacial score (nSPS) is 18.0. The van der Waals surface area contributed by atoms with E-state index in [9.17, 15) is 8.76 Å². The minimum atomic E-state index is -2.12. The molecule has 4 nitrogen and oxygen atoms in total. The monoisotopic (exact) mass is 386 g/mol. The van der Waals surface area contributed by atoms with Gasteiger partial charge in [-0.3, -0.25) is 9.56 Å². The van der Waals surface area contributed by atoms with Crippen molar-refractivity contribution in [3.05, 3.63) is 82.0 Å². The molecule has 1 heterocycles. The zero-order valence-electron chi connectivity index (χ0n) is 14.4. The molecule has 2 aromatic carbocycles. The van der Waals surface area contributed by atoms with E-state index in [0.717, 1.165) is 46.5 Å². The number of benzene rings is 2. The summed E-state index contributed by atoms with van der Waals surface area (Å²) in [7, 11) is 0. The van der Waals surface area contributed by atoms with E-state index in [4.69, 9.17) is 11.6 Å². The average Bonchev–Trinajstić information content (AvgIpc) is 3.03. The first kappa shape index (κ1) is 17.3. The highest BCUT2D eigenvalue weighted by Gasteiger charge is 2.36. The minimum Gasteiger partial charge on any atom is -0.288 e. The molecule has 1 unspecified atom stereocenters. The number of hydrogen-bond acceptors (Lipinski definition) is 2. The van der Waals surface area contributed by atoms with E-state index in [1.165, 1.54) is 4.41 Å². The molecule has 2 aliphatic rings. The Morgan fingerprint density at radius 1 is 1.08 bits per heavy atom. The Hall–Kier alpha value is -2.08. The van der Waals surface area contributed by atoms with Crippen LogP contribution in [0.25, 0.3) is 5.57 Å². The summed E-state index contributed by atoms with van der Waals surface area (Å²) in [4.78, 5) is 0. The van der Waals surface area contributed by atoms with E-state index in [1.807, 2.05) is 60.5 Å². The number of rotatable bonds is 3. The molecule has 26 heavy (non-hydrogen) atoms. The van der Waals surface area contributed by atoms with Crippen molar-refractivity contribution in [3.8, 4) is 0 Å². The maximum Gasteiger partial charge on any atom is 0.281 e. The predicted octanol–water partition coefficient (Wildman–Crippen LogP) is 4.95. The molecule has 1 atom stereocenters. The lowest BCUT2D eigenvalue weighted by Gasteiger charge is -2.30. The van der Waals surface area contributed by atoms with Gasteiger partial charge in [-0.2, -0.15) is 4.41 Å². The molecular weight excluding hydrogens is 368 g/mol. The number of halogens is 1. The fraction of sp³-hybridized carbons (Fsp3) is 0.200. The van der Waals surface area contributed by atoms with Crippen LogP contribution < -0.4 is 5.01 Å². The van der Waals surface area contributed by atoms with Gasteiger partial charge < -0.3 is 0 Å². The van der Waals surface area contributed by atoms with E-state index in [1.54, 1.807) is 0 Å². The third-order valence-corrected chi connectivity index (χ3v) is 5.76. The first-order valence-electron chi connectivity index (χ1n) is 8.48. The van der Waals surface area contributed by atoms with E-state index in [-0.39, 0.29) is 0 Å². The van der Waals surface area contributed by atoms with Crippen LogP contribution >= 0.6 is 11.6 Å². The topological polar surface area (TPSA) is 43.8 Å². The molecule has 0 radical (unpaired) electrons. The molecule has 1 N–H and O–H groups in total. The van der Waals surface area contributed by atoms with Gasteiger partial charge in [0.2, 0.25) is 0 Å². The van der Waals surface area contributed by atoms with E-state index in [2.05, 4.69) is 6.08 Å². The molecule has 134 valence electrons. The van der Waals surface area contributed by atoms with Gasteiger partial charge in [-0.1, -0.05) is 47.5 Å². The molecule has 0 spiro atoms. The molecule has 1 aliphatic carbocycles. The number of hydrogen-bond donors (Lipinski definition) is 1. The Bertz CT molecular complexity index is 920. The molecule has 1 aliphatic heterocycles. The first-order valence-corrected chi connectivity index (χ1v) is 9.92. The lowest BCUT2D eigenvalue weighted by molar-refractivity contribution is 0.446. The van der Waals surface area contributed by atoms with Crippen LogP contribution in [0.5, 0.6) is 0 Å². The summed E-state index contributed by atoms with van der Waals surface area (Å²) in [5.41, 5.74) is 6.27. The Labute approximate surface area is 160 Å². The Morgan fingerprint density at radius 2 is 1.77 bits per heavy atom. The molecule has 2 aromatic rings. The van der Waals surface area contributed by atoms with Gasteiger partial charge in [-0.15, -0.1) is 0 Å².